The fourth-order valence-electron chi connectivity index (χ4n) is 2.19. The lowest BCUT2D eigenvalue weighted by Gasteiger charge is -2.18. The number of aliphatic hydroxyl groups excluding tert-OH is 1. The number of hydrogen-bond donors (Lipinski definition) is 1. The third-order valence-electron chi connectivity index (χ3n) is 3.11. The van der Waals surface area contributed by atoms with Crippen molar-refractivity contribution in [2.24, 2.45) is 0 Å². The van der Waals surface area contributed by atoms with Gasteiger partial charge in [0.25, 0.3) is 0 Å². The molecule has 17 heavy (non-hydrogen) atoms. The van der Waals surface area contributed by atoms with Crippen LogP contribution in [0.25, 0.3) is 11.3 Å². The monoisotopic (exact) mass is 232 g/mol. The zero-order chi connectivity index (χ0) is 11.8. The summed E-state index contributed by atoms with van der Waals surface area (Å²) in [5, 5.41) is 9.57. The van der Waals surface area contributed by atoms with Crippen molar-refractivity contribution in [3.8, 4) is 11.3 Å². The van der Waals surface area contributed by atoms with E-state index < -0.39 is 0 Å². The average Bonchev–Trinajstić information content (AvgIpc) is 2.72. The van der Waals surface area contributed by atoms with Gasteiger partial charge in [0.15, 0.2) is 0 Å². The highest BCUT2D eigenvalue weighted by molar-refractivity contribution is 5.58. The van der Waals surface area contributed by atoms with Crippen LogP contribution in [0.3, 0.4) is 0 Å². The van der Waals surface area contributed by atoms with E-state index in [9.17, 15) is 9.50 Å². The Bertz CT molecular complexity index is 533. The molecule has 1 aromatic heterocycles. The topological polar surface area (TPSA) is 38.1 Å². The first kappa shape index (κ1) is 10.5. The van der Waals surface area contributed by atoms with Gasteiger partial charge in [0.2, 0.25) is 0 Å². The molecule has 3 nitrogen and oxygen atoms in total. The molecule has 0 fully saturated rings. The second kappa shape index (κ2) is 3.96. The molecule has 0 saturated carbocycles. The molecule has 1 aliphatic rings. The van der Waals surface area contributed by atoms with Crippen LogP contribution in [0, 0.1) is 5.82 Å². The number of rotatable bonds is 1. The lowest BCUT2D eigenvalue weighted by molar-refractivity contribution is 0.130. The van der Waals surface area contributed by atoms with Gasteiger partial charge in [-0.05, 0) is 30.7 Å². The van der Waals surface area contributed by atoms with Crippen LogP contribution in [0.2, 0.25) is 0 Å². The zero-order valence-corrected chi connectivity index (χ0v) is 9.31. The summed E-state index contributed by atoms with van der Waals surface area (Å²) < 4.78 is 14.8. The fourth-order valence-corrected chi connectivity index (χ4v) is 2.19. The van der Waals surface area contributed by atoms with Crippen LogP contribution in [0.5, 0.6) is 0 Å². The van der Waals surface area contributed by atoms with E-state index in [1.807, 2.05) is 10.8 Å². The molecule has 0 aliphatic carbocycles. The van der Waals surface area contributed by atoms with Gasteiger partial charge in [-0.25, -0.2) is 9.37 Å². The quantitative estimate of drug-likeness (QED) is 0.816. The molecule has 1 unspecified atom stereocenters. The van der Waals surface area contributed by atoms with Gasteiger partial charge < -0.3 is 9.67 Å². The zero-order valence-electron chi connectivity index (χ0n) is 9.31. The number of benzene rings is 1. The number of imidazole rings is 1. The minimum Gasteiger partial charge on any atom is -0.391 e. The lowest BCUT2D eigenvalue weighted by Crippen LogP contribution is -2.23. The van der Waals surface area contributed by atoms with Crippen molar-refractivity contribution in [2.75, 3.05) is 0 Å². The molecule has 88 valence electrons. The van der Waals surface area contributed by atoms with Crippen molar-refractivity contribution < 1.29 is 9.50 Å². The Hall–Kier alpha value is -1.68. The van der Waals surface area contributed by atoms with Crippen LogP contribution in [-0.4, -0.2) is 20.8 Å². The number of aryl methyl sites for hydroxylation is 1. The Morgan fingerprint density at radius 3 is 2.82 bits per heavy atom. The maximum atomic E-state index is 12.8. The summed E-state index contributed by atoms with van der Waals surface area (Å²) >= 11 is 0. The van der Waals surface area contributed by atoms with Crippen LogP contribution in [0.1, 0.15) is 12.2 Å². The molecule has 0 amide bonds. The van der Waals surface area contributed by atoms with E-state index in [0.29, 0.717) is 6.54 Å². The molecule has 2 heterocycles. The van der Waals surface area contributed by atoms with E-state index in [4.69, 9.17) is 0 Å². The fraction of sp³-hybridized carbons (Fsp3) is 0.308. The molecular formula is C13H13FN2O. The Labute approximate surface area is 98.5 Å². The van der Waals surface area contributed by atoms with Crippen LogP contribution in [-0.2, 0) is 13.0 Å². The molecule has 0 radical (unpaired) electrons. The molecule has 0 saturated heterocycles. The van der Waals surface area contributed by atoms with Gasteiger partial charge in [0.05, 0.1) is 11.8 Å². The van der Waals surface area contributed by atoms with Gasteiger partial charge in [-0.2, -0.15) is 0 Å². The van der Waals surface area contributed by atoms with Crippen molar-refractivity contribution in [3.63, 3.8) is 0 Å². The minimum atomic E-state index is -0.280. The molecule has 4 heteroatoms. The van der Waals surface area contributed by atoms with Gasteiger partial charge >= 0.3 is 0 Å². The van der Waals surface area contributed by atoms with E-state index in [-0.39, 0.29) is 11.9 Å². The summed E-state index contributed by atoms with van der Waals surface area (Å²) in [6.45, 7) is 0.601. The van der Waals surface area contributed by atoms with Gasteiger partial charge in [-0.1, -0.05) is 0 Å². The molecule has 1 atom stereocenters. The summed E-state index contributed by atoms with van der Waals surface area (Å²) in [7, 11) is 0. The van der Waals surface area contributed by atoms with Crippen molar-refractivity contribution in [2.45, 2.75) is 25.5 Å². The molecule has 1 aromatic carbocycles. The minimum absolute atomic E-state index is 0.242. The molecule has 3 rings (SSSR count). The second-order valence-electron chi connectivity index (χ2n) is 4.39. The highest BCUT2D eigenvalue weighted by Crippen LogP contribution is 2.22. The maximum Gasteiger partial charge on any atom is 0.123 e. The number of fused-ring (bicyclic) bond motifs is 1. The highest BCUT2D eigenvalue weighted by atomic mass is 19.1. The van der Waals surface area contributed by atoms with Crippen LogP contribution < -0.4 is 0 Å². The smallest absolute Gasteiger partial charge is 0.123 e. The largest absolute Gasteiger partial charge is 0.391 e. The molecular weight excluding hydrogens is 219 g/mol. The third-order valence-corrected chi connectivity index (χ3v) is 3.11. The van der Waals surface area contributed by atoms with Gasteiger partial charge in [-0.15, -0.1) is 0 Å². The van der Waals surface area contributed by atoms with Crippen LogP contribution >= 0.6 is 0 Å². The molecule has 1 N–H and O–H groups in total. The van der Waals surface area contributed by atoms with Gasteiger partial charge in [0.1, 0.15) is 11.6 Å². The first-order valence-electron chi connectivity index (χ1n) is 5.72. The van der Waals surface area contributed by atoms with Crippen molar-refractivity contribution >= 4 is 0 Å². The van der Waals surface area contributed by atoms with Crippen LogP contribution in [0.15, 0.2) is 30.5 Å². The third kappa shape index (κ3) is 1.96. The molecule has 0 bridgehead atoms. The summed E-state index contributed by atoms with van der Waals surface area (Å²) in [5.74, 6) is 0.753. The number of hydrogen-bond acceptors (Lipinski definition) is 2. The van der Waals surface area contributed by atoms with E-state index in [1.54, 1.807) is 12.1 Å². The normalized spacial score (nSPS) is 19.1. The summed E-state index contributed by atoms with van der Waals surface area (Å²) in [6.07, 6.45) is 3.20. The first-order chi connectivity index (χ1) is 8.22. The van der Waals surface area contributed by atoms with E-state index in [1.165, 1.54) is 12.1 Å². The Kier molecular flexibility index (Phi) is 2.44. The number of aliphatic hydroxyl groups is 1. The maximum absolute atomic E-state index is 12.8. The Balaban J connectivity index is 1.97. The second-order valence-corrected chi connectivity index (χ2v) is 4.39. The summed E-state index contributed by atoms with van der Waals surface area (Å²) in [5.41, 5.74) is 1.75. The highest BCUT2D eigenvalue weighted by Gasteiger charge is 2.18. The molecule has 1 aliphatic heterocycles. The van der Waals surface area contributed by atoms with Crippen molar-refractivity contribution in [1.29, 1.82) is 0 Å². The van der Waals surface area contributed by atoms with Crippen LogP contribution in [0.4, 0.5) is 4.39 Å². The Morgan fingerprint density at radius 1 is 1.29 bits per heavy atom. The standard InChI is InChI=1S/C13H13FN2O/c14-10-3-1-9(2-4-10)12-8-16-7-11(17)5-6-13(16)15-12/h1-4,8,11,17H,5-7H2. The Morgan fingerprint density at radius 2 is 2.06 bits per heavy atom. The predicted molar refractivity (Wildman–Crippen MR) is 61.9 cm³/mol. The van der Waals surface area contributed by atoms with Gasteiger partial charge in [0, 0.05) is 24.7 Å². The SMILES string of the molecule is OC1CCc2nc(-c3ccc(F)cc3)cn2C1. The van der Waals surface area contributed by atoms with Crippen molar-refractivity contribution in [1.82, 2.24) is 9.55 Å². The summed E-state index contributed by atoms with van der Waals surface area (Å²) in [6, 6.07) is 6.31. The first-order valence-corrected chi connectivity index (χ1v) is 5.72. The lowest BCUT2D eigenvalue weighted by atomic mass is 10.1. The predicted octanol–water partition coefficient (Wildman–Crippen LogP) is 2.00. The molecule has 0 spiro atoms. The van der Waals surface area contributed by atoms with E-state index in [2.05, 4.69) is 4.98 Å². The molecule has 2 aromatic rings. The number of aromatic nitrogens is 2. The number of halogens is 1. The number of nitrogens with zero attached hydrogens (tertiary/aromatic N) is 2. The van der Waals surface area contributed by atoms with E-state index in [0.717, 1.165) is 29.9 Å². The van der Waals surface area contributed by atoms with E-state index >= 15 is 0 Å². The van der Waals surface area contributed by atoms with Gasteiger partial charge in [-0.3, -0.25) is 0 Å². The summed E-state index contributed by atoms with van der Waals surface area (Å²) in [4.78, 5) is 4.51. The van der Waals surface area contributed by atoms with Crippen molar-refractivity contribution in [3.05, 3.63) is 42.1 Å². The average molecular weight is 232 g/mol.